The second-order valence-electron chi connectivity index (χ2n) is 5.33. The topological polar surface area (TPSA) is 55.1 Å². The van der Waals surface area contributed by atoms with Crippen LogP contribution in [-0.2, 0) is 4.79 Å². The van der Waals surface area contributed by atoms with Crippen LogP contribution in [0.2, 0.25) is 0 Å². The summed E-state index contributed by atoms with van der Waals surface area (Å²) in [6, 6.07) is 0. The fraction of sp³-hybridized carbons (Fsp3) is 0.923. The minimum atomic E-state index is 0.00347. The first kappa shape index (κ1) is 13.5. The van der Waals surface area contributed by atoms with E-state index in [9.17, 15) is 4.79 Å². The zero-order chi connectivity index (χ0) is 12.0. The van der Waals surface area contributed by atoms with Gasteiger partial charge in [0.2, 0.25) is 5.91 Å². The van der Waals surface area contributed by atoms with Crippen molar-refractivity contribution in [3.05, 3.63) is 0 Å². The number of carbonyl (C=O) groups excluding carboxylic acids is 1. The number of hydrogen-bond acceptors (Lipinski definition) is 2. The van der Waals surface area contributed by atoms with Crippen molar-refractivity contribution in [2.75, 3.05) is 6.54 Å². The molecule has 1 amide bonds. The number of amides is 1. The quantitative estimate of drug-likeness (QED) is 0.755. The predicted octanol–water partition coefficient (Wildman–Crippen LogP) is 2.20. The lowest BCUT2D eigenvalue weighted by Gasteiger charge is -2.35. The summed E-state index contributed by atoms with van der Waals surface area (Å²) in [7, 11) is 0. The van der Waals surface area contributed by atoms with Gasteiger partial charge in [-0.2, -0.15) is 0 Å². The molecule has 1 saturated carbocycles. The monoisotopic (exact) mass is 226 g/mol. The molecule has 3 nitrogen and oxygen atoms in total. The van der Waals surface area contributed by atoms with Crippen LogP contribution in [0.5, 0.6) is 0 Å². The highest BCUT2D eigenvalue weighted by Gasteiger charge is 2.30. The van der Waals surface area contributed by atoms with E-state index in [1.165, 1.54) is 19.3 Å². The Labute approximate surface area is 99.2 Å². The molecule has 0 heterocycles. The number of carbonyl (C=O) groups is 1. The third-order valence-electron chi connectivity index (χ3n) is 3.67. The van der Waals surface area contributed by atoms with Crippen LogP contribution in [0.4, 0.5) is 0 Å². The third kappa shape index (κ3) is 3.78. The van der Waals surface area contributed by atoms with Gasteiger partial charge in [-0.05, 0) is 26.2 Å². The second kappa shape index (κ2) is 6.24. The van der Waals surface area contributed by atoms with E-state index in [0.717, 1.165) is 25.7 Å². The predicted molar refractivity (Wildman–Crippen MR) is 67.1 cm³/mol. The average Bonchev–Trinajstić information content (AvgIpc) is 2.26. The highest BCUT2D eigenvalue weighted by atomic mass is 16.2. The van der Waals surface area contributed by atoms with Crippen LogP contribution < -0.4 is 11.1 Å². The zero-order valence-electron chi connectivity index (χ0n) is 10.7. The molecule has 0 saturated heterocycles. The third-order valence-corrected chi connectivity index (χ3v) is 3.67. The molecule has 0 aromatic carbocycles. The molecule has 1 aliphatic carbocycles. The lowest BCUT2D eigenvalue weighted by molar-refractivity contribution is -0.127. The molecule has 16 heavy (non-hydrogen) atoms. The number of nitrogens with one attached hydrogen (secondary N) is 1. The zero-order valence-corrected chi connectivity index (χ0v) is 10.7. The maximum Gasteiger partial charge on any atom is 0.224 e. The largest absolute Gasteiger partial charge is 0.351 e. The van der Waals surface area contributed by atoms with Crippen LogP contribution in [0.25, 0.3) is 0 Å². The second-order valence-corrected chi connectivity index (χ2v) is 5.33. The van der Waals surface area contributed by atoms with E-state index < -0.39 is 0 Å². The maximum atomic E-state index is 12.0. The van der Waals surface area contributed by atoms with Crippen molar-refractivity contribution < 1.29 is 4.79 Å². The molecule has 1 atom stereocenters. The molecule has 0 aromatic rings. The number of nitrogens with two attached hydrogens (primary N) is 1. The number of hydrogen-bond donors (Lipinski definition) is 2. The van der Waals surface area contributed by atoms with E-state index in [4.69, 9.17) is 5.73 Å². The van der Waals surface area contributed by atoms with Gasteiger partial charge in [-0.3, -0.25) is 4.79 Å². The van der Waals surface area contributed by atoms with Gasteiger partial charge < -0.3 is 11.1 Å². The molecular formula is C13H26N2O. The van der Waals surface area contributed by atoms with Crippen LogP contribution in [0.3, 0.4) is 0 Å². The van der Waals surface area contributed by atoms with Crippen molar-refractivity contribution in [1.29, 1.82) is 0 Å². The molecule has 0 aliphatic heterocycles. The van der Waals surface area contributed by atoms with Gasteiger partial charge in [-0.15, -0.1) is 0 Å². The minimum Gasteiger partial charge on any atom is -0.351 e. The van der Waals surface area contributed by atoms with Gasteiger partial charge >= 0.3 is 0 Å². The van der Waals surface area contributed by atoms with Crippen LogP contribution in [0.1, 0.15) is 58.8 Å². The lowest BCUT2D eigenvalue weighted by Crippen LogP contribution is -2.50. The first-order valence-electron chi connectivity index (χ1n) is 6.63. The van der Waals surface area contributed by atoms with E-state index in [2.05, 4.69) is 19.2 Å². The highest BCUT2D eigenvalue weighted by molar-refractivity contribution is 5.79. The Morgan fingerprint density at radius 1 is 1.38 bits per heavy atom. The fourth-order valence-electron chi connectivity index (χ4n) is 2.56. The number of rotatable bonds is 5. The Bertz CT molecular complexity index is 222. The van der Waals surface area contributed by atoms with Crippen molar-refractivity contribution in [1.82, 2.24) is 5.32 Å². The first-order valence-corrected chi connectivity index (χ1v) is 6.63. The van der Waals surface area contributed by atoms with Gasteiger partial charge in [0.25, 0.3) is 0 Å². The average molecular weight is 226 g/mol. The molecular weight excluding hydrogens is 200 g/mol. The van der Waals surface area contributed by atoms with Gasteiger partial charge in [-0.1, -0.05) is 32.6 Å². The maximum absolute atomic E-state index is 12.0. The van der Waals surface area contributed by atoms with Crippen LogP contribution in [-0.4, -0.2) is 18.0 Å². The minimum absolute atomic E-state index is 0.00347. The molecule has 1 aliphatic rings. The van der Waals surface area contributed by atoms with Crippen LogP contribution >= 0.6 is 0 Å². The smallest absolute Gasteiger partial charge is 0.224 e. The summed E-state index contributed by atoms with van der Waals surface area (Å²) in [5.74, 6) is 0.164. The van der Waals surface area contributed by atoms with Crippen LogP contribution in [0.15, 0.2) is 0 Å². The normalized spacial score (nSPS) is 21.4. The Hall–Kier alpha value is -0.570. The molecule has 1 unspecified atom stereocenters. The SMILES string of the molecule is CCCC(CN)C(=O)NC1(C)CCCCC1. The molecule has 0 spiro atoms. The molecule has 0 bridgehead atoms. The van der Waals surface area contributed by atoms with Crippen molar-refractivity contribution >= 4 is 5.91 Å². The van der Waals surface area contributed by atoms with Crippen molar-refractivity contribution in [3.8, 4) is 0 Å². The molecule has 1 rings (SSSR count). The molecule has 0 radical (unpaired) electrons. The van der Waals surface area contributed by atoms with Crippen LogP contribution in [0, 0.1) is 5.92 Å². The van der Waals surface area contributed by atoms with Crippen molar-refractivity contribution in [3.63, 3.8) is 0 Å². The van der Waals surface area contributed by atoms with Gasteiger partial charge in [0.05, 0.1) is 5.92 Å². The van der Waals surface area contributed by atoms with Gasteiger partial charge in [-0.25, -0.2) is 0 Å². The van der Waals surface area contributed by atoms with Gasteiger partial charge in [0.15, 0.2) is 0 Å². The summed E-state index contributed by atoms with van der Waals surface area (Å²) in [6.45, 7) is 4.73. The van der Waals surface area contributed by atoms with E-state index in [1.807, 2.05) is 0 Å². The molecule has 94 valence electrons. The summed E-state index contributed by atoms with van der Waals surface area (Å²) < 4.78 is 0. The lowest BCUT2D eigenvalue weighted by atomic mass is 9.83. The van der Waals surface area contributed by atoms with E-state index in [1.54, 1.807) is 0 Å². The summed E-state index contributed by atoms with van der Waals surface area (Å²) in [6.07, 6.45) is 7.92. The fourth-order valence-corrected chi connectivity index (χ4v) is 2.56. The van der Waals surface area contributed by atoms with Gasteiger partial charge in [0.1, 0.15) is 0 Å². The summed E-state index contributed by atoms with van der Waals surface area (Å²) in [5, 5.41) is 3.21. The first-order chi connectivity index (χ1) is 7.61. The Morgan fingerprint density at radius 2 is 2.00 bits per heavy atom. The molecule has 3 N–H and O–H groups in total. The summed E-state index contributed by atoms with van der Waals surface area (Å²) >= 11 is 0. The Balaban J connectivity index is 2.47. The van der Waals surface area contributed by atoms with Crippen molar-refractivity contribution in [2.45, 2.75) is 64.3 Å². The Kier molecular flexibility index (Phi) is 5.26. The summed E-state index contributed by atoms with van der Waals surface area (Å²) in [4.78, 5) is 12.0. The van der Waals surface area contributed by atoms with Crippen molar-refractivity contribution in [2.24, 2.45) is 11.7 Å². The Morgan fingerprint density at radius 3 is 2.50 bits per heavy atom. The van der Waals surface area contributed by atoms with E-state index in [-0.39, 0.29) is 17.4 Å². The molecule has 0 aromatic heterocycles. The van der Waals surface area contributed by atoms with E-state index >= 15 is 0 Å². The standard InChI is InChI=1S/C13H26N2O/c1-3-7-11(10-14)12(16)15-13(2)8-5-4-6-9-13/h11H,3-10,14H2,1-2H3,(H,15,16). The highest BCUT2D eigenvalue weighted by Crippen LogP contribution is 2.27. The van der Waals surface area contributed by atoms with E-state index in [0.29, 0.717) is 6.54 Å². The molecule has 3 heteroatoms. The van der Waals surface area contributed by atoms with Gasteiger partial charge in [0, 0.05) is 12.1 Å². The summed E-state index contributed by atoms with van der Waals surface area (Å²) in [5.41, 5.74) is 5.67. The molecule has 1 fully saturated rings.